The van der Waals surface area contributed by atoms with Crippen LogP contribution in [0.2, 0.25) is 0 Å². The van der Waals surface area contributed by atoms with Crippen molar-refractivity contribution in [3.63, 3.8) is 0 Å². The molecule has 0 bridgehead atoms. The van der Waals surface area contributed by atoms with Gasteiger partial charge >= 0.3 is 0 Å². The molecule has 0 radical (unpaired) electrons. The Morgan fingerprint density at radius 3 is 2.87 bits per heavy atom. The first kappa shape index (κ1) is 14.3. The summed E-state index contributed by atoms with van der Waals surface area (Å²) in [5.74, 6) is 1.95. The maximum absolute atomic E-state index is 4.86. The van der Waals surface area contributed by atoms with Gasteiger partial charge in [0.1, 0.15) is 17.2 Å². The standard InChI is InChI=1S/C18H21N5/c1-2-22-12-6-7-14(22)13-17-21-15-8-5-11-20-18(15)23(17)16-9-3-4-10-19-16/h3-5,8-11,14H,2,6-7,12-13H2,1H3. The quantitative estimate of drug-likeness (QED) is 0.743. The lowest BCUT2D eigenvalue weighted by molar-refractivity contribution is 0.263. The molecule has 0 amide bonds. The smallest absolute Gasteiger partial charge is 0.165 e. The summed E-state index contributed by atoms with van der Waals surface area (Å²) < 4.78 is 2.11. The number of likely N-dealkylation sites (N-methyl/N-ethyl adjacent to an activating group) is 1. The van der Waals surface area contributed by atoms with E-state index >= 15 is 0 Å². The minimum absolute atomic E-state index is 0.569. The number of rotatable bonds is 4. The van der Waals surface area contributed by atoms with Gasteiger partial charge in [-0.3, -0.25) is 4.57 Å². The highest BCUT2D eigenvalue weighted by Crippen LogP contribution is 2.24. The normalized spacial score (nSPS) is 18.7. The van der Waals surface area contributed by atoms with Crippen molar-refractivity contribution in [3.05, 3.63) is 48.5 Å². The molecule has 0 N–H and O–H groups in total. The summed E-state index contributed by atoms with van der Waals surface area (Å²) in [6.45, 7) is 4.54. The van der Waals surface area contributed by atoms with Crippen LogP contribution in [0.5, 0.6) is 0 Å². The van der Waals surface area contributed by atoms with Crippen LogP contribution in [0.4, 0.5) is 0 Å². The summed E-state index contributed by atoms with van der Waals surface area (Å²) in [6.07, 6.45) is 7.11. The molecule has 1 aliphatic heterocycles. The molecule has 3 aromatic heterocycles. The molecule has 1 aliphatic rings. The van der Waals surface area contributed by atoms with Crippen LogP contribution in [0.1, 0.15) is 25.6 Å². The van der Waals surface area contributed by atoms with Crippen molar-refractivity contribution in [1.29, 1.82) is 0 Å². The molecule has 1 fully saturated rings. The Hall–Kier alpha value is -2.27. The van der Waals surface area contributed by atoms with Gasteiger partial charge in [-0.1, -0.05) is 13.0 Å². The molecule has 0 spiro atoms. The van der Waals surface area contributed by atoms with E-state index in [1.165, 1.54) is 19.4 Å². The van der Waals surface area contributed by atoms with Gasteiger partial charge in [0.05, 0.1) is 0 Å². The van der Waals surface area contributed by atoms with Gasteiger partial charge in [0, 0.05) is 24.9 Å². The minimum atomic E-state index is 0.569. The molecule has 1 unspecified atom stereocenters. The van der Waals surface area contributed by atoms with Gasteiger partial charge in [-0.2, -0.15) is 0 Å². The van der Waals surface area contributed by atoms with E-state index in [-0.39, 0.29) is 0 Å². The fourth-order valence-corrected chi connectivity index (χ4v) is 3.58. The number of pyridine rings is 2. The number of hydrogen-bond acceptors (Lipinski definition) is 4. The predicted octanol–water partition coefficient (Wildman–Crippen LogP) is 2.84. The Morgan fingerprint density at radius 1 is 1.13 bits per heavy atom. The molecule has 1 saturated heterocycles. The molecule has 4 heterocycles. The SMILES string of the molecule is CCN1CCCC1Cc1nc2cccnc2n1-c1ccccn1. The number of likely N-dealkylation sites (tertiary alicyclic amines) is 1. The first-order valence-electron chi connectivity index (χ1n) is 8.34. The highest BCUT2D eigenvalue weighted by molar-refractivity contribution is 5.73. The van der Waals surface area contributed by atoms with Gasteiger partial charge in [-0.05, 0) is 50.2 Å². The summed E-state index contributed by atoms with van der Waals surface area (Å²) >= 11 is 0. The molecule has 23 heavy (non-hydrogen) atoms. The second-order valence-corrected chi connectivity index (χ2v) is 6.03. The average molecular weight is 307 g/mol. The molecular formula is C18H21N5. The zero-order chi connectivity index (χ0) is 15.6. The fourth-order valence-electron chi connectivity index (χ4n) is 3.58. The van der Waals surface area contributed by atoms with E-state index in [2.05, 4.69) is 26.4 Å². The van der Waals surface area contributed by atoms with Gasteiger partial charge < -0.3 is 4.90 Å². The lowest BCUT2D eigenvalue weighted by Gasteiger charge is -2.22. The van der Waals surface area contributed by atoms with E-state index in [1.807, 2.05) is 42.7 Å². The summed E-state index contributed by atoms with van der Waals surface area (Å²) in [5, 5.41) is 0. The van der Waals surface area contributed by atoms with Crippen molar-refractivity contribution in [2.24, 2.45) is 0 Å². The molecule has 5 heteroatoms. The topological polar surface area (TPSA) is 46.8 Å². The third-order valence-electron chi connectivity index (χ3n) is 4.69. The van der Waals surface area contributed by atoms with Crippen LogP contribution in [0.15, 0.2) is 42.7 Å². The Balaban J connectivity index is 1.79. The number of imidazole rings is 1. The molecule has 0 aliphatic carbocycles. The number of aromatic nitrogens is 4. The van der Waals surface area contributed by atoms with E-state index in [0.29, 0.717) is 6.04 Å². The van der Waals surface area contributed by atoms with Crippen LogP contribution in [-0.2, 0) is 6.42 Å². The van der Waals surface area contributed by atoms with Gasteiger partial charge in [0.25, 0.3) is 0 Å². The Labute approximate surface area is 136 Å². The molecule has 1 atom stereocenters. The monoisotopic (exact) mass is 307 g/mol. The third kappa shape index (κ3) is 2.61. The first-order chi connectivity index (χ1) is 11.4. The van der Waals surface area contributed by atoms with E-state index in [9.17, 15) is 0 Å². The average Bonchev–Trinajstić information content (AvgIpc) is 3.19. The van der Waals surface area contributed by atoms with Crippen molar-refractivity contribution >= 4 is 11.2 Å². The summed E-state index contributed by atoms with van der Waals surface area (Å²) in [4.78, 5) is 16.5. The lowest BCUT2D eigenvalue weighted by Crippen LogP contribution is -2.31. The zero-order valence-corrected chi connectivity index (χ0v) is 13.4. The van der Waals surface area contributed by atoms with Crippen molar-refractivity contribution < 1.29 is 0 Å². The zero-order valence-electron chi connectivity index (χ0n) is 13.4. The van der Waals surface area contributed by atoms with Crippen molar-refractivity contribution in [3.8, 4) is 5.82 Å². The van der Waals surface area contributed by atoms with E-state index in [4.69, 9.17) is 4.98 Å². The number of fused-ring (bicyclic) bond motifs is 1. The first-order valence-corrected chi connectivity index (χ1v) is 8.34. The fraction of sp³-hybridized carbons (Fsp3) is 0.389. The number of nitrogens with zero attached hydrogens (tertiary/aromatic N) is 5. The van der Waals surface area contributed by atoms with E-state index < -0.39 is 0 Å². The second-order valence-electron chi connectivity index (χ2n) is 6.03. The number of hydrogen-bond donors (Lipinski definition) is 0. The summed E-state index contributed by atoms with van der Waals surface area (Å²) in [6, 6.07) is 10.5. The largest absolute Gasteiger partial charge is 0.300 e. The second kappa shape index (κ2) is 6.08. The highest BCUT2D eigenvalue weighted by atomic mass is 15.2. The minimum Gasteiger partial charge on any atom is -0.300 e. The van der Waals surface area contributed by atoms with Crippen LogP contribution in [0.3, 0.4) is 0 Å². The van der Waals surface area contributed by atoms with E-state index in [1.54, 1.807) is 0 Å². The van der Waals surface area contributed by atoms with Crippen LogP contribution in [-0.4, -0.2) is 43.6 Å². The van der Waals surface area contributed by atoms with Crippen molar-refractivity contribution in [1.82, 2.24) is 24.4 Å². The maximum atomic E-state index is 4.86. The predicted molar refractivity (Wildman–Crippen MR) is 90.6 cm³/mol. The Kier molecular flexibility index (Phi) is 3.79. The summed E-state index contributed by atoms with van der Waals surface area (Å²) in [5.41, 5.74) is 1.83. The van der Waals surface area contributed by atoms with Gasteiger partial charge in [0.15, 0.2) is 5.65 Å². The van der Waals surface area contributed by atoms with Gasteiger partial charge in [-0.15, -0.1) is 0 Å². The lowest BCUT2D eigenvalue weighted by atomic mass is 10.1. The van der Waals surface area contributed by atoms with Gasteiger partial charge in [-0.25, -0.2) is 15.0 Å². The molecular weight excluding hydrogens is 286 g/mol. The van der Waals surface area contributed by atoms with Crippen molar-refractivity contribution in [2.45, 2.75) is 32.2 Å². The van der Waals surface area contributed by atoms with Crippen LogP contribution in [0.25, 0.3) is 17.0 Å². The van der Waals surface area contributed by atoms with Crippen LogP contribution < -0.4 is 0 Å². The molecule has 3 aromatic rings. The maximum Gasteiger partial charge on any atom is 0.165 e. The van der Waals surface area contributed by atoms with E-state index in [0.717, 1.165) is 35.8 Å². The van der Waals surface area contributed by atoms with Crippen molar-refractivity contribution in [2.75, 3.05) is 13.1 Å². The molecule has 0 aromatic carbocycles. The molecule has 4 rings (SSSR count). The summed E-state index contributed by atoms with van der Waals surface area (Å²) in [7, 11) is 0. The molecule has 0 saturated carbocycles. The highest BCUT2D eigenvalue weighted by Gasteiger charge is 2.26. The molecule has 5 nitrogen and oxygen atoms in total. The Bertz CT molecular complexity index is 796. The van der Waals surface area contributed by atoms with Crippen LogP contribution >= 0.6 is 0 Å². The van der Waals surface area contributed by atoms with Gasteiger partial charge in [0.2, 0.25) is 0 Å². The molecule has 118 valence electrons. The Morgan fingerprint density at radius 2 is 2.04 bits per heavy atom. The third-order valence-corrected chi connectivity index (χ3v) is 4.69. The van der Waals surface area contributed by atoms with Crippen LogP contribution in [0, 0.1) is 0 Å².